The number of hydrogen-bond acceptors (Lipinski definition) is 6. The minimum Gasteiger partial charge on any atom is -0.465 e. The zero-order valence-electron chi connectivity index (χ0n) is 22.3. The van der Waals surface area contributed by atoms with Crippen molar-refractivity contribution in [2.75, 3.05) is 30.3 Å². The Morgan fingerprint density at radius 1 is 1.05 bits per heavy atom. The van der Waals surface area contributed by atoms with E-state index in [1.54, 1.807) is 0 Å². The average Bonchev–Trinajstić information content (AvgIpc) is 3.41. The van der Waals surface area contributed by atoms with Crippen LogP contribution in [0.5, 0.6) is 0 Å². The van der Waals surface area contributed by atoms with Crippen LogP contribution in [0.3, 0.4) is 0 Å². The smallest absolute Gasteiger partial charge is 0.310 e. The number of fused-ring (bicyclic) bond motifs is 1. The molecular weight excluding hydrogens is 490 g/mol. The van der Waals surface area contributed by atoms with Crippen LogP contribution < -0.4 is 10.6 Å². The van der Waals surface area contributed by atoms with E-state index < -0.39 is 0 Å². The van der Waals surface area contributed by atoms with Crippen LogP contribution in [0.4, 0.5) is 11.4 Å². The number of hydrogen-bond donors (Lipinski definition) is 3. The van der Waals surface area contributed by atoms with Gasteiger partial charge in [0.05, 0.1) is 24.7 Å². The van der Waals surface area contributed by atoms with Crippen molar-refractivity contribution in [1.82, 2.24) is 15.1 Å². The van der Waals surface area contributed by atoms with Crippen molar-refractivity contribution in [2.24, 2.45) is 0 Å². The van der Waals surface area contributed by atoms with Crippen molar-refractivity contribution in [3.8, 4) is 0 Å². The molecule has 1 amide bonds. The van der Waals surface area contributed by atoms with E-state index >= 15 is 0 Å². The first-order valence-electron chi connectivity index (χ1n) is 13.6. The Morgan fingerprint density at radius 2 is 1.90 bits per heavy atom. The van der Waals surface area contributed by atoms with Crippen molar-refractivity contribution < 1.29 is 14.3 Å². The molecule has 0 aliphatic carbocycles. The van der Waals surface area contributed by atoms with E-state index in [2.05, 4.69) is 50.0 Å². The van der Waals surface area contributed by atoms with Crippen molar-refractivity contribution in [3.05, 3.63) is 89.6 Å². The highest BCUT2D eigenvalue weighted by Gasteiger charge is 2.20. The quantitative estimate of drug-likeness (QED) is 0.240. The third kappa shape index (κ3) is 7.23. The summed E-state index contributed by atoms with van der Waals surface area (Å²) in [6.45, 7) is 5.17. The fourth-order valence-corrected chi connectivity index (χ4v) is 5.00. The number of piperidine rings is 1. The van der Waals surface area contributed by atoms with Crippen LogP contribution in [0.15, 0.2) is 72.9 Å². The number of nitrogens with zero attached hydrogens (tertiary/aromatic N) is 2. The van der Waals surface area contributed by atoms with Crippen LogP contribution >= 0.6 is 0 Å². The number of nitrogens with one attached hydrogen (secondary N) is 3. The zero-order valence-corrected chi connectivity index (χ0v) is 22.3. The molecule has 202 valence electrons. The molecule has 5 rings (SSSR count). The zero-order chi connectivity index (χ0) is 27.0. The number of aromatic nitrogens is 2. The molecule has 8 nitrogen and oxygen atoms in total. The summed E-state index contributed by atoms with van der Waals surface area (Å²) >= 11 is 0. The van der Waals surface area contributed by atoms with Crippen molar-refractivity contribution in [2.45, 2.75) is 45.2 Å². The summed E-state index contributed by atoms with van der Waals surface area (Å²) in [6, 6.07) is 21.8. The number of carbonyl (C=O) groups is 2. The molecule has 1 atom stereocenters. The summed E-state index contributed by atoms with van der Waals surface area (Å²) in [4.78, 5) is 27.2. The highest BCUT2D eigenvalue weighted by atomic mass is 16.5. The molecule has 0 spiro atoms. The number of ether oxygens (including phenoxy) is 1. The molecule has 1 aliphatic rings. The van der Waals surface area contributed by atoms with Crippen molar-refractivity contribution in [1.29, 1.82) is 0 Å². The fraction of sp³-hybridized carbons (Fsp3) is 0.323. The van der Waals surface area contributed by atoms with Gasteiger partial charge in [0.2, 0.25) is 0 Å². The number of esters is 1. The summed E-state index contributed by atoms with van der Waals surface area (Å²) in [5, 5.41) is 14.9. The molecular formula is C31H35N5O3. The van der Waals surface area contributed by atoms with Gasteiger partial charge in [0.1, 0.15) is 0 Å². The number of carbonyl (C=O) groups excluding carboxylic acids is 2. The first kappa shape index (κ1) is 26.4. The third-order valence-electron chi connectivity index (χ3n) is 6.94. The molecule has 3 N–H and O–H groups in total. The lowest BCUT2D eigenvalue weighted by Crippen LogP contribution is -2.41. The molecule has 1 saturated heterocycles. The molecule has 0 saturated carbocycles. The van der Waals surface area contributed by atoms with Gasteiger partial charge in [0, 0.05) is 41.5 Å². The second-order valence-corrected chi connectivity index (χ2v) is 10.1. The monoisotopic (exact) mass is 525 g/mol. The van der Waals surface area contributed by atoms with Crippen LogP contribution in [0.1, 0.15) is 47.7 Å². The minimum absolute atomic E-state index is 0.153. The molecule has 2 heterocycles. The maximum Gasteiger partial charge on any atom is 0.310 e. The standard InChI is InChI=1S/C31H35N5O3/c1-2-15-39-30(37)17-22-8-10-26(11-9-22)34-31(38)24-6-3-5-23(16-24)20-36-14-4-7-28(21-36)33-27-12-13-29-25(18-27)19-32-35-29/h3,5-6,8-13,16,18-19,28,33H,2,4,7,14-15,17,20-21H2,1H3,(H,32,35)(H,34,38). The van der Waals surface area contributed by atoms with Crippen LogP contribution in [-0.4, -0.2) is 52.7 Å². The third-order valence-corrected chi connectivity index (χ3v) is 6.94. The lowest BCUT2D eigenvalue weighted by molar-refractivity contribution is -0.142. The van der Waals surface area contributed by atoms with Crippen LogP contribution in [-0.2, 0) is 22.5 Å². The molecule has 1 unspecified atom stereocenters. The summed E-state index contributed by atoms with van der Waals surface area (Å²) < 4.78 is 5.14. The van der Waals surface area contributed by atoms with Crippen molar-refractivity contribution >= 4 is 34.2 Å². The highest BCUT2D eigenvalue weighted by molar-refractivity contribution is 6.04. The predicted octanol–water partition coefficient (Wildman–Crippen LogP) is 5.39. The Labute approximate surface area is 228 Å². The Balaban J connectivity index is 1.14. The summed E-state index contributed by atoms with van der Waals surface area (Å²) in [7, 11) is 0. The Morgan fingerprint density at radius 3 is 2.74 bits per heavy atom. The van der Waals surface area contributed by atoms with Gasteiger partial charge in [-0.15, -0.1) is 0 Å². The topological polar surface area (TPSA) is 99.4 Å². The first-order valence-corrected chi connectivity index (χ1v) is 13.6. The lowest BCUT2D eigenvalue weighted by atomic mass is 10.0. The Hall–Kier alpha value is -4.17. The maximum absolute atomic E-state index is 13.0. The van der Waals surface area contributed by atoms with Gasteiger partial charge >= 0.3 is 5.97 Å². The largest absolute Gasteiger partial charge is 0.465 e. The second kappa shape index (κ2) is 12.6. The lowest BCUT2D eigenvalue weighted by Gasteiger charge is -2.33. The number of H-pyrrole nitrogens is 1. The average molecular weight is 526 g/mol. The summed E-state index contributed by atoms with van der Waals surface area (Å²) in [6.07, 6.45) is 5.12. The summed E-state index contributed by atoms with van der Waals surface area (Å²) in [5.74, 6) is -0.392. The SMILES string of the molecule is CCCOC(=O)Cc1ccc(NC(=O)c2cccc(CN3CCCC(Nc4ccc5[nH]ncc5c4)C3)c2)cc1. The van der Waals surface area contributed by atoms with Gasteiger partial charge in [-0.25, -0.2) is 0 Å². The van der Waals surface area contributed by atoms with Gasteiger partial charge in [-0.2, -0.15) is 5.10 Å². The van der Waals surface area contributed by atoms with E-state index in [0.717, 1.165) is 66.6 Å². The highest BCUT2D eigenvalue weighted by Crippen LogP contribution is 2.22. The molecule has 4 aromatic rings. The van der Waals surface area contributed by atoms with Crippen molar-refractivity contribution in [3.63, 3.8) is 0 Å². The Kier molecular flexibility index (Phi) is 8.53. The van der Waals surface area contributed by atoms with Gasteiger partial charge in [0.25, 0.3) is 5.91 Å². The molecule has 0 bridgehead atoms. The van der Waals surface area contributed by atoms with E-state index in [1.165, 1.54) is 0 Å². The second-order valence-electron chi connectivity index (χ2n) is 10.1. The molecule has 1 fully saturated rings. The molecule has 3 aromatic carbocycles. The van der Waals surface area contributed by atoms with E-state index in [9.17, 15) is 9.59 Å². The number of benzene rings is 3. The van der Waals surface area contributed by atoms with Crippen LogP contribution in [0.25, 0.3) is 10.9 Å². The van der Waals surface area contributed by atoms with Gasteiger partial charge in [0.15, 0.2) is 0 Å². The number of aromatic amines is 1. The van der Waals surface area contributed by atoms with E-state index in [4.69, 9.17) is 4.74 Å². The van der Waals surface area contributed by atoms with E-state index in [-0.39, 0.29) is 18.3 Å². The number of rotatable bonds is 10. The van der Waals surface area contributed by atoms with Crippen LogP contribution in [0.2, 0.25) is 0 Å². The number of anilines is 2. The summed E-state index contributed by atoms with van der Waals surface area (Å²) in [5.41, 5.74) is 5.43. The van der Waals surface area contributed by atoms with Crippen LogP contribution in [0, 0.1) is 0 Å². The first-order chi connectivity index (χ1) is 19.1. The predicted molar refractivity (Wildman–Crippen MR) is 154 cm³/mol. The molecule has 39 heavy (non-hydrogen) atoms. The fourth-order valence-electron chi connectivity index (χ4n) is 5.00. The molecule has 8 heteroatoms. The van der Waals surface area contributed by atoms with Gasteiger partial charge < -0.3 is 15.4 Å². The number of likely N-dealkylation sites (tertiary alicyclic amines) is 1. The Bertz CT molecular complexity index is 1420. The number of amides is 1. The maximum atomic E-state index is 13.0. The van der Waals surface area contributed by atoms with Gasteiger partial charge in [-0.3, -0.25) is 19.6 Å². The van der Waals surface area contributed by atoms with Gasteiger partial charge in [-0.1, -0.05) is 31.2 Å². The normalized spacial score (nSPS) is 15.7. The van der Waals surface area contributed by atoms with E-state index in [1.807, 2.05) is 55.6 Å². The minimum atomic E-state index is -0.239. The molecule has 1 aliphatic heterocycles. The molecule has 0 radical (unpaired) electrons. The van der Waals surface area contributed by atoms with E-state index in [0.29, 0.717) is 23.9 Å². The molecule has 1 aromatic heterocycles. The van der Waals surface area contributed by atoms with Gasteiger partial charge in [-0.05, 0) is 79.4 Å².